The predicted molar refractivity (Wildman–Crippen MR) is 209 cm³/mol. The van der Waals surface area contributed by atoms with Gasteiger partial charge in [-0.1, -0.05) is 165 Å². The summed E-state index contributed by atoms with van der Waals surface area (Å²) in [5.41, 5.74) is 11.9. The van der Waals surface area contributed by atoms with E-state index in [-0.39, 0.29) is 35.7 Å². The molecule has 1 unspecified atom stereocenters. The lowest BCUT2D eigenvalue weighted by molar-refractivity contribution is 1.07. The SMILES string of the molecule is [2H]c1c([2H])c([2H])c(-c2ccc3c(-c4cccc(-c5cccc(C6C(CC)=Nc7ccccc76)c5)c4)c4ccccc4c(-c4ccccc4)c3c2)c([2H])c1[2H]. The zero-order valence-corrected chi connectivity index (χ0v) is 27.1. The van der Waals surface area contributed by atoms with Crippen molar-refractivity contribution in [3.8, 4) is 44.5 Å². The summed E-state index contributed by atoms with van der Waals surface area (Å²) in [5.74, 6) is 0.130. The maximum absolute atomic E-state index is 8.76. The number of para-hydroxylation sites is 1. The van der Waals surface area contributed by atoms with Crippen LogP contribution in [0.25, 0.3) is 66.1 Å². The molecule has 0 saturated heterocycles. The van der Waals surface area contributed by atoms with Gasteiger partial charge in [-0.3, -0.25) is 4.99 Å². The van der Waals surface area contributed by atoms with E-state index in [1.54, 1.807) is 0 Å². The summed E-state index contributed by atoms with van der Waals surface area (Å²) in [5, 5.41) is 4.14. The summed E-state index contributed by atoms with van der Waals surface area (Å²) in [6, 6.07) is 49.1. The van der Waals surface area contributed by atoms with Gasteiger partial charge in [0.2, 0.25) is 0 Å². The Kier molecular flexibility index (Phi) is 6.01. The molecule has 8 aromatic carbocycles. The fourth-order valence-corrected chi connectivity index (χ4v) is 7.59. The summed E-state index contributed by atoms with van der Waals surface area (Å²) >= 11 is 0. The van der Waals surface area contributed by atoms with Crippen molar-refractivity contribution in [3.63, 3.8) is 0 Å². The Morgan fingerprint density at radius 2 is 1.10 bits per heavy atom. The molecular formula is C48H35N. The van der Waals surface area contributed by atoms with Crippen LogP contribution in [0.5, 0.6) is 0 Å². The van der Waals surface area contributed by atoms with Gasteiger partial charge >= 0.3 is 0 Å². The third-order valence-corrected chi connectivity index (χ3v) is 9.79. The van der Waals surface area contributed by atoms with Crippen molar-refractivity contribution in [1.29, 1.82) is 0 Å². The second-order valence-corrected chi connectivity index (χ2v) is 12.6. The standard InChI is InChI=1S/C48H35N/c1-2-44-48(42-25-11-12-26-45(42)49-44)38-22-14-20-35(30-38)34-19-13-21-37(29-34)47-40-24-10-9-23-39(40)46(33-17-7-4-8-18-33)43-31-36(27-28-41(43)47)32-15-5-3-6-16-32/h3-31,48H,2H2,1H3/i3D,5D,6D,15D,16D. The highest BCUT2D eigenvalue weighted by atomic mass is 14.8. The molecule has 8 aromatic rings. The number of rotatable bonds is 6. The van der Waals surface area contributed by atoms with E-state index in [9.17, 15) is 0 Å². The minimum Gasteiger partial charge on any atom is -0.257 e. The molecule has 49 heavy (non-hydrogen) atoms. The summed E-state index contributed by atoms with van der Waals surface area (Å²) < 4.78 is 42.4. The second-order valence-electron chi connectivity index (χ2n) is 12.6. The Hall–Kier alpha value is -6.05. The molecule has 1 aliphatic heterocycles. The molecule has 1 atom stereocenters. The van der Waals surface area contributed by atoms with Crippen molar-refractivity contribution >= 4 is 32.9 Å². The van der Waals surface area contributed by atoms with Gasteiger partial charge in [-0.05, 0) is 102 Å². The zero-order chi connectivity index (χ0) is 37.1. The van der Waals surface area contributed by atoms with E-state index < -0.39 is 6.04 Å². The number of hydrogen-bond acceptors (Lipinski definition) is 1. The lowest BCUT2D eigenvalue weighted by atomic mass is 9.84. The molecule has 0 aromatic heterocycles. The largest absolute Gasteiger partial charge is 0.257 e. The Balaban J connectivity index is 1.26. The highest BCUT2D eigenvalue weighted by molar-refractivity contribution is 6.22. The van der Waals surface area contributed by atoms with Gasteiger partial charge in [0, 0.05) is 11.6 Å². The molecule has 0 amide bonds. The third kappa shape index (κ3) is 5.07. The topological polar surface area (TPSA) is 12.4 Å². The molecule has 1 heterocycles. The second kappa shape index (κ2) is 12.2. The van der Waals surface area contributed by atoms with E-state index in [0.29, 0.717) is 5.56 Å². The molecule has 1 nitrogen and oxygen atoms in total. The van der Waals surface area contributed by atoms with Gasteiger partial charge in [0.1, 0.15) is 0 Å². The van der Waals surface area contributed by atoms with Gasteiger partial charge in [0.05, 0.1) is 12.5 Å². The van der Waals surface area contributed by atoms with Crippen LogP contribution in [0.2, 0.25) is 0 Å². The molecule has 9 rings (SSSR count). The molecule has 232 valence electrons. The average Bonchev–Trinajstić information content (AvgIpc) is 3.60. The molecule has 0 aliphatic carbocycles. The van der Waals surface area contributed by atoms with Crippen LogP contribution in [0.4, 0.5) is 5.69 Å². The van der Waals surface area contributed by atoms with Crippen LogP contribution < -0.4 is 0 Å². The van der Waals surface area contributed by atoms with Crippen molar-refractivity contribution in [3.05, 3.63) is 187 Å². The smallest absolute Gasteiger partial charge is 0.0671 e. The van der Waals surface area contributed by atoms with Crippen molar-refractivity contribution in [2.75, 3.05) is 0 Å². The molecule has 0 bridgehead atoms. The molecule has 1 aliphatic rings. The Labute approximate surface area is 294 Å². The third-order valence-electron chi connectivity index (χ3n) is 9.79. The molecule has 0 N–H and O–H groups in total. The maximum atomic E-state index is 8.76. The van der Waals surface area contributed by atoms with Crippen molar-refractivity contribution in [2.24, 2.45) is 4.99 Å². The monoisotopic (exact) mass is 630 g/mol. The normalized spacial score (nSPS) is 15.2. The highest BCUT2D eigenvalue weighted by Crippen LogP contribution is 2.46. The minimum absolute atomic E-state index is 0.130. The number of aliphatic imine (C=N–C) groups is 1. The molecule has 1 heteroatoms. The van der Waals surface area contributed by atoms with Crippen LogP contribution in [-0.4, -0.2) is 5.71 Å². The van der Waals surface area contributed by atoms with E-state index >= 15 is 0 Å². The average molecular weight is 631 g/mol. The van der Waals surface area contributed by atoms with Crippen LogP contribution in [0.3, 0.4) is 0 Å². The zero-order valence-electron chi connectivity index (χ0n) is 32.1. The molecule has 0 spiro atoms. The van der Waals surface area contributed by atoms with Crippen LogP contribution in [-0.2, 0) is 0 Å². The van der Waals surface area contributed by atoms with Crippen molar-refractivity contribution in [2.45, 2.75) is 19.3 Å². The lowest BCUT2D eigenvalue weighted by Gasteiger charge is -2.19. The number of hydrogen-bond donors (Lipinski definition) is 0. The Bertz CT molecular complexity index is 2790. The number of benzene rings is 8. The number of nitrogens with zero attached hydrogens (tertiary/aromatic N) is 1. The first-order valence-corrected chi connectivity index (χ1v) is 16.8. The maximum Gasteiger partial charge on any atom is 0.0671 e. The number of fused-ring (bicyclic) bond motifs is 3. The van der Waals surface area contributed by atoms with E-state index in [4.69, 9.17) is 11.8 Å². The van der Waals surface area contributed by atoms with Crippen LogP contribution in [0.1, 0.15) is 37.2 Å². The first-order chi connectivity index (χ1) is 26.3. The lowest BCUT2D eigenvalue weighted by Crippen LogP contribution is -2.09. The summed E-state index contributed by atoms with van der Waals surface area (Å²) in [6.45, 7) is 2.18. The fourth-order valence-electron chi connectivity index (χ4n) is 7.59. The predicted octanol–water partition coefficient (Wildman–Crippen LogP) is 13.3. The summed E-state index contributed by atoms with van der Waals surface area (Å²) in [6.07, 6.45) is 0.885. The van der Waals surface area contributed by atoms with Crippen LogP contribution >= 0.6 is 0 Å². The summed E-state index contributed by atoms with van der Waals surface area (Å²) in [7, 11) is 0. The van der Waals surface area contributed by atoms with Gasteiger partial charge in [0.25, 0.3) is 0 Å². The van der Waals surface area contributed by atoms with E-state index in [1.165, 1.54) is 16.8 Å². The molecule has 0 radical (unpaired) electrons. The van der Waals surface area contributed by atoms with Gasteiger partial charge in [-0.25, -0.2) is 0 Å². The first-order valence-electron chi connectivity index (χ1n) is 19.3. The fraction of sp³-hybridized carbons (Fsp3) is 0.0625. The quantitative estimate of drug-likeness (QED) is 0.162. The van der Waals surface area contributed by atoms with Gasteiger partial charge in [0.15, 0.2) is 0 Å². The van der Waals surface area contributed by atoms with Crippen LogP contribution in [0.15, 0.2) is 181 Å². The van der Waals surface area contributed by atoms with Gasteiger partial charge in [-0.2, -0.15) is 0 Å². The van der Waals surface area contributed by atoms with E-state index in [1.807, 2.05) is 30.3 Å². The highest BCUT2D eigenvalue weighted by Gasteiger charge is 2.27. The summed E-state index contributed by atoms with van der Waals surface area (Å²) in [4.78, 5) is 4.99. The van der Waals surface area contributed by atoms with E-state index in [2.05, 4.69) is 122 Å². The van der Waals surface area contributed by atoms with Gasteiger partial charge < -0.3 is 0 Å². The van der Waals surface area contributed by atoms with Crippen molar-refractivity contribution in [1.82, 2.24) is 0 Å². The first kappa shape index (κ1) is 24.1. The Morgan fingerprint density at radius 3 is 1.90 bits per heavy atom. The molecule has 0 saturated carbocycles. The van der Waals surface area contributed by atoms with Crippen LogP contribution in [0, 0.1) is 0 Å². The van der Waals surface area contributed by atoms with E-state index in [0.717, 1.165) is 67.0 Å². The van der Waals surface area contributed by atoms with Gasteiger partial charge in [-0.15, -0.1) is 0 Å². The Morgan fingerprint density at radius 1 is 0.490 bits per heavy atom. The minimum atomic E-state index is -0.398. The molecule has 0 fully saturated rings. The van der Waals surface area contributed by atoms with Crippen molar-refractivity contribution < 1.29 is 6.85 Å². The molecular weight excluding hydrogens is 591 g/mol.